The van der Waals surface area contributed by atoms with Crippen LogP contribution in [-0.2, 0) is 9.53 Å². The molecular weight excluding hydrogens is 166 g/mol. The molecule has 0 aliphatic heterocycles. The first kappa shape index (κ1) is 12.0. The van der Waals surface area contributed by atoms with E-state index >= 15 is 0 Å². The van der Waals surface area contributed by atoms with Crippen LogP contribution in [0, 0.1) is 6.57 Å². The van der Waals surface area contributed by atoms with Crippen molar-refractivity contribution in [1.82, 2.24) is 0 Å². The molecule has 74 valence electrons. The molecule has 0 aromatic carbocycles. The average Bonchev–Trinajstić information content (AvgIpc) is 2.16. The first-order valence-electron chi connectivity index (χ1n) is 4.71. The van der Waals surface area contributed by atoms with Crippen LogP contribution in [0.1, 0.15) is 38.5 Å². The van der Waals surface area contributed by atoms with Crippen LogP contribution in [0.2, 0.25) is 0 Å². The fraction of sp³-hybridized carbons (Fsp3) is 0.800. The Hall–Kier alpha value is -1.04. The molecule has 0 radical (unpaired) electrons. The summed E-state index contributed by atoms with van der Waals surface area (Å²) >= 11 is 0. The quantitative estimate of drug-likeness (QED) is 0.345. The average molecular weight is 183 g/mol. The van der Waals surface area contributed by atoms with Gasteiger partial charge in [-0.15, -0.1) is 0 Å². The van der Waals surface area contributed by atoms with E-state index in [1.807, 2.05) is 0 Å². The van der Waals surface area contributed by atoms with E-state index in [1.54, 1.807) is 0 Å². The van der Waals surface area contributed by atoms with Crippen LogP contribution in [0.25, 0.3) is 4.85 Å². The van der Waals surface area contributed by atoms with Crippen LogP contribution < -0.4 is 0 Å². The molecule has 0 bridgehead atoms. The van der Waals surface area contributed by atoms with E-state index in [-0.39, 0.29) is 5.97 Å². The Morgan fingerprint density at radius 2 is 1.85 bits per heavy atom. The predicted octanol–water partition coefficient (Wildman–Crippen LogP) is 2.42. The molecule has 0 saturated heterocycles. The van der Waals surface area contributed by atoms with Crippen molar-refractivity contribution in [1.29, 1.82) is 0 Å². The highest BCUT2D eigenvalue weighted by Gasteiger charge is 1.98. The summed E-state index contributed by atoms with van der Waals surface area (Å²) in [6.45, 7) is 7.20. The van der Waals surface area contributed by atoms with E-state index < -0.39 is 0 Å². The Labute approximate surface area is 79.9 Å². The number of ether oxygens (including phenoxy) is 1. The van der Waals surface area contributed by atoms with Crippen molar-refractivity contribution in [2.24, 2.45) is 0 Å². The lowest BCUT2D eigenvalue weighted by molar-refractivity contribution is -0.140. The monoisotopic (exact) mass is 183 g/mol. The molecule has 0 rings (SSSR count). The van der Waals surface area contributed by atoms with Crippen LogP contribution in [0.4, 0.5) is 0 Å². The van der Waals surface area contributed by atoms with E-state index in [4.69, 9.17) is 6.57 Å². The Bertz CT molecular complexity index is 172. The van der Waals surface area contributed by atoms with Crippen LogP contribution >= 0.6 is 0 Å². The third kappa shape index (κ3) is 8.87. The first-order valence-corrected chi connectivity index (χ1v) is 4.71. The first-order chi connectivity index (χ1) is 6.31. The minimum absolute atomic E-state index is 0.124. The van der Waals surface area contributed by atoms with Gasteiger partial charge in [-0.1, -0.05) is 12.8 Å². The number of carbonyl (C=O) groups excluding carboxylic acids is 1. The van der Waals surface area contributed by atoms with Crippen molar-refractivity contribution in [3.8, 4) is 0 Å². The molecule has 3 heteroatoms. The van der Waals surface area contributed by atoms with Gasteiger partial charge in [0, 0.05) is 12.8 Å². The van der Waals surface area contributed by atoms with E-state index in [9.17, 15) is 4.79 Å². The minimum Gasteiger partial charge on any atom is -0.469 e. The molecule has 0 fully saturated rings. The summed E-state index contributed by atoms with van der Waals surface area (Å²) in [5.41, 5.74) is 0. The Kier molecular flexibility index (Phi) is 8.33. The number of hydrogen-bond acceptors (Lipinski definition) is 2. The molecule has 0 spiro atoms. The molecule has 0 amide bonds. The van der Waals surface area contributed by atoms with Gasteiger partial charge in [0.05, 0.1) is 7.11 Å². The molecule has 0 aromatic heterocycles. The van der Waals surface area contributed by atoms with Crippen molar-refractivity contribution in [2.75, 3.05) is 13.7 Å². The van der Waals surface area contributed by atoms with Gasteiger partial charge < -0.3 is 9.58 Å². The predicted molar refractivity (Wildman–Crippen MR) is 51.2 cm³/mol. The van der Waals surface area contributed by atoms with Gasteiger partial charge in [0.25, 0.3) is 0 Å². The summed E-state index contributed by atoms with van der Waals surface area (Å²) in [4.78, 5) is 14.0. The maximum atomic E-state index is 10.7. The van der Waals surface area contributed by atoms with Gasteiger partial charge in [0.2, 0.25) is 6.54 Å². The van der Waals surface area contributed by atoms with Crippen molar-refractivity contribution >= 4 is 5.97 Å². The number of carbonyl (C=O) groups is 1. The van der Waals surface area contributed by atoms with Gasteiger partial charge in [-0.3, -0.25) is 4.79 Å². The fourth-order valence-electron chi connectivity index (χ4n) is 1.09. The molecule has 0 atom stereocenters. The number of esters is 1. The van der Waals surface area contributed by atoms with E-state index in [0.717, 1.165) is 32.1 Å². The number of unbranched alkanes of at least 4 members (excludes halogenated alkanes) is 4. The second-order valence-corrected chi connectivity index (χ2v) is 2.98. The van der Waals surface area contributed by atoms with Gasteiger partial charge >= 0.3 is 5.97 Å². The topological polar surface area (TPSA) is 30.7 Å². The zero-order valence-electron chi connectivity index (χ0n) is 8.21. The maximum absolute atomic E-state index is 10.7. The minimum atomic E-state index is -0.124. The highest BCUT2D eigenvalue weighted by molar-refractivity contribution is 5.68. The molecule has 13 heavy (non-hydrogen) atoms. The summed E-state index contributed by atoms with van der Waals surface area (Å²) in [7, 11) is 1.41. The zero-order valence-corrected chi connectivity index (χ0v) is 8.21. The van der Waals surface area contributed by atoms with Crippen LogP contribution in [0.15, 0.2) is 0 Å². The highest BCUT2D eigenvalue weighted by Crippen LogP contribution is 2.05. The highest BCUT2D eigenvalue weighted by atomic mass is 16.5. The normalized spacial score (nSPS) is 9.23. The van der Waals surface area contributed by atoms with Gasteiger partial charge in [-0.2, -0.15) is 0 Å². The second kappa shape index (κ2) is 9.05. The van der Waals surface area contributed by atoms with E-state index in [0.29, 0.717) is 13.0 Å². The zero-order chi connectivity index (χ0) is 9.94. The van der Waals surface area contributed by atoms with Crippen LogP contribution in [0.3, 0.4) is 0 Å². The molecule has 0 aliphatic carbocycles. The molecule has 0 N–H and O–H groups in total. The van der Waals surface area contributed by atoms with Crippen molar-refractivity contribution in [2.45, 2.75) is 38.5 Å². The Balaban J connectivity index is 3.00. The van der Waals surface area contributed by atoms with Crippen molar-refractivity contribution in [3.63, 3.8) is 0 Å². The molecular formula is C10H17NO2. The third-order valence-electron chi connectivity index (χ3n) is 1.88. The smallest absolute Gasteiger partial charge is 0.305 e. The third-order valence-corrected chi connectivity index (χ3v) is 1.88. The second-order valence-electron chi connectivity index (χ2n) is 2.98. The molecule has 3 nitrogen and oxygen atoms in total. The molecule has 0 heterocycles. The van der Waals surface area contributed by atoms with Crippen molar-refractivity contribution < 1.29 is 9.53 Å². The number of rotatable bonds is 7. The summed E-state index contributed by atoms with van der Waals surface area (Å²) in [6, 6.07) is 0. The lowest BCUT2D eigenvalue weighted by Gasteiger charge is -1.98. The number of nitrogens with zero attached hydrogens (tertiary/aromatic N) is 1. The summed E-state index contributed by atoms with van der Waals surface area (Å²) in [6.07, 6.45) is 5.70. The number of hydrogen-bond donors (Lipinski definition) is 0. The molecule has 0 unspecified atom stereocenters. The summed E-state index contributed by atoms with van der Waals surface area (Å²) in [5, 5.41) is 0. The SMILES string of the molecule is [C-]#[N+]CCCCCCCC(=O)OC. The lowest BCUT2D eigenvalue weighted by Crippen LogP contribution is -1.99. The van der Waals surface area contributed by atoms with Crippen LogP contribution in [-0.4, -0.2) is 19.6 Å². The summed E-state index contributed by atoms with van der Waals surface area (Å²) < 4.78 is 4.52. The number of methoxy groups -OCH3 is 1. The maximum Gasteiger partial charge on any atom is 0.305 e. The van der Waals surface area contributed by atoms with E-state index in [2.05, 4.69) is 9.58 Å². The van der Waals surface area contributed by atoms with Gasteiger partial charge in [0.1, 0.15) is 0 Å². The Morgan fingerprint density at radius 1 is 1.23 bits per heavy atom. The van der Waals surface area contributed by atoms with Gasteiger partial charge in [0.15, 0.2) is 0 Å². The standard InChI is InChI=1S/C10H17NO2/c1-11-9-7-5-3-4-6-8-10(12)13-2/h3-9H2,2H3. The van der Waals surface area contributed by atoms with Crippen molar-refractivity contribution in [3.05, 3.63) is 11.4 Å². The van der Waals surface area contributed by atoms with Gasteiger partial charge in [-0.05, 0) is 12.8 Å². The Morgan fingerprint density at radius 3 is 2.46 bits per heavy atom. The lowest BCUT2D eigenvalue weighted by atomic mass is 10.1. The molecule has 0 saturated carbocycles. The summed E-state index contributed by atoms with van der Waals surface area (Å²) in [5.74, 6) is -0.124. The molecule has 0 aliphatic rings. The molecule has 0 aromatic rings. The fourth-order valence-corrected chi connectivity index (χ4v) is 1.09. The van der Waals surface area contributed by atoms with Gasteiger partial charge in [-0.25, -0.2) is 6.57 Å². The largest absolute Gasteiger partial charge is 0.469 e. The van der Waals surface area contributed by atoms with Crippen LogP contribution in [0.5, 0.6) is 0 Å². The van der Waals surface area contributed by atoms with E-state index in [1.165, 1.54) is 7.11 Å².